The number of hydrogen-bond donors (Lipinski definition) is 0. The van der Waals surface area contributed by atoms with Gasteiger partial charge in [-0.15, -0.1) is 0 Å². The van der Waals surface area contributed by atoms with Crippen LogP contribution in [-0.4, -0.2) is 3.92 Å². The van der Waals surface area contributed by atoms with Crippen LogP contribution in [0.4, 0.5) is 0 Å². The summed E-state index contributed by atoms with van der Waals surface area (Å²) in [5.74, 6) is 1.10. The lowest BCUT2D eigenvalue weighted by Crippen LogP contribution is -2.19. The molecule has 1 aliphatic rings. The van der Waals surface area contributed by atoms with Crippen LogP contribution >= 0.6 is 22.6 Å². The van der Waals surface area contributed by atoms with Gasteiger partial charge in [0.15, 0.2) is 0 Å². The zero-order chi connectivity index (χ0) is 7.56. The van der Waals surface area contributed by atoms with Crippen LogP contribution in [0.1, 0.15) is 26.2 Å². The van der Waals surface area contributed by atoms with E-state index < -0.39 is 0 Å². The first-order valence-corrected chi connectivity index (χ1v) is 5.00. The van der Waals surface area contributed by atoms with Crippen molar-refractivity contribution in [1.29, 1.82) is 5.26 Å². The molecule has 0 amide bonds. The first-order chi connectivity index (χ1) is 4.72. The zero-order valence-corrected chi connectivity index (χ0v) is 8.34. The van der Waals surface area contributed by atoms with Crippen molar-refractivity contribution in [2.24, 2.45) is 11.8 Å². The van der Waals surface area contributed by atoms with E-state index in [0.29, 0.717) is 5.92 Å². The van der Waals surface area contributed by atoms with Crippen molar-refractivity contribution in [2.75, 3.05) is 0 Å². The second kappa shape index (κ2) is 3.56. The highest BCUT2D eigenvalue weighted by Crippen LogP contribution is 2.32. The molecule has 0 N–H and O–H groups in total. The molecule has 1 rings (SSSR count). The smallest absolute Gasteiger partial charge is 0.0656 e. The van der Waals surface area contributed by atoms with Gasteiger partial charge >= 0.3 is 0 Å². The molecule has 0 aliphatic heterocycles. The normalized spacial score (nSPS) is 40.7. The maximum Gasteiger partial charge on any atom is 0.0656 e. The second-order valence-electron chi connectivity index (χ2n) is 3.24. The van der Waals surface area contributed by atoms with Crippen LogP contribution in [0.3, 0.4) is 0 Å². The number of nitrogens with zero attached hydrogens (tertiary/aromatic N) is 1. The fourth-order valence-corrected chi connectivity index (χ4v) is 3.11. The van der Waals surface area contributed by atoms with E-state index in [-0.39, 0.29) is 0 Å². The van der Waals surface area contributed by atoms with Crippen molar-refractivity contribution in [3.8, 4) is 6.07 Å². The summed E-state index contributed by atoms with van der Waals surface area (Å²) in [4.78, 5) is 0. The summed E-state index contributed by atoms with van der Waals surface area (Å²) in [5, 5.41) is 8.67. The van der Waals surface area contributed by atoms with Crippen LogP contribution in [0.25, 0.3) is 0 Å². The molecule has 1 nitrogen and oxygen atoms in total. The Morgan fingerprint density at radius 1 is 1.40 bits per heavy atom. The van der Waals surface area contributed by atoms with Gasteiger partial charge in [-0.2, -0.15) is 5.26 Å². The molecule has 0 aromatic heterocycles. The Morgan fingerprint density at radius 2 is 2.10 bits per heavy atom. The van der Waals surface area contributed by atoms with Gasteiger partial charge in [-0.25, -0.2) is 0 Å². The second-order valence-corrected chi connectivity index (χ2v) is 5.00. The number of hydrogen-bond acceptors (Lipinski definition) is 1. The van der Waals surface area contributed by atoms with Gasteiger partial charge in [-0.3, -0.25) is 0 Å². The van der Waals surface area contributed by atoms with Crippen LogP contribution in [0.5, 0.6) is 0 Å². The van der Waals surface area contributed by atoms with Gasteiger partial charge in [0.2, 0.25) is 0 Å². The lowest BCUT2D eigenvalue weighted by atomic mass is 9.83. The Balaban J connectivity index is 2.44. The van der Waals surface area contributed by atoms with Crippen molar-refractivity contribution in [3.05, 3.63) is 0 Å². The molecular formula is C8H12IN. The Bertz CT molecular complexity index is 140. The molecule has 1 aliphatic carbocycles. The minimum absolute atomic E-state index is 0.339. The average Bonchev–Trinajstić information content (AvgIpc) is 1.85. The van der Waals surface area contributed by atoms with Crippen LogP contribution in [0.15, 0.2) is 0 Å². The van der Waals surface area contributed by atoms with Crippen molar-refractivity contribution in [3.63, 3.8) is 0 Å². The molecule has 3 unspecified atom stereocenters. The molecule has 0 aromatic carbocycles. The molecule has 0 radical (unpaired) electrons. The zero-order valence-electron chi connectivity index (χ0n) is 6.18. The van der Waals surface area contributed by atoms with E-state index >= 15 is 0 Å². The largest absolute Gasteiger partial charge is 0.198 e. The summed E-state index contributed by atoms with van der Waals surface area (Å²) in [6.07, 6.45) is 3.54. The maximum absolute atomic E-state index is 8.67. The highest BCUT2D eigenvalue weighted by atomic mass is 127. The van der Waals surface area contributed by atoms with Gasteiger partial charge < -0.3 is 0 Å². The summed E-state index contributed by atoms with van der Waals surface area (Å²) in [6, 6.07) is 2.36. The SMILES string of the molecule is CC1CC(I)CC(C#N)C1. The molecule has 0 saturated heterocycles. The molecule has 0 bridgehead atoms. The van der Waals surface area contributed by atoms with Crippen molar-refractivity contribution in [2.45, 2.75) is 30.1 Å². The third-order valence-electron chi connectivity index (χ3n) is 2.07. The van der Waals surface area contributed by atoms with Gasteiger partial charge in [0.1, 0.15) is 0 Å². The Labute approximate surface area is 75.9 Å². The minimum Gasteiger partial charge on any atom is -0.198 e. The predicted octanol–water partition coefficient (Wildman–Crippen LogP) is 2.75. The van der Waals surface area contributed by atoms with E-state index in [2.05, 4.69) is 35.6 Å². The van der Waals surface area contributed by atoms with Crippen molar-refractivity contribution in [1.82, 2.24) is 0 Å². The highest BCUT2D eigenvalue weighted by Gasteiger charge is 2.24. The summed E-state index contributed by atoms with van der Waals surface area (Å²) < 4.78 is 0.742. The Kier molecular flexibility index (Phi) is 2.96. The monoisotopic (exact) mass is 249 g/mol. The van der Waals surface area contributed by atoms with E-state index in [0.717, 1.165) is 22.7 Å². The van der Waals surface area contributed by atoms with Crippen LogP contribution in [0, 0.1) is 23.2 Å². The molecule has 10 heavy (non-hydrogen) atoms. The van der Waals surface area contributed by atoms with Gasteiger partial charge in [0.05, 0.1) is 6.07 Å². The molecule has 3 atom stereocenters. The molecule has 0 aromatic rings. The third kappa shape index (κ3) is 2.12. The van der Waals surface area contributed by atoms with Gasteiger partial charge in [0.25, 0.3) is 0 Å². The fourth-order valence-electron chi connectivity index (χ4n) is 1.63. The number of nitriles is 1. The topological polar surface area (TPSA) is 23.8 Å². The number of halogens is 1. The fraction of sp³-hybridized carbons (Fsp3) is 0.875. The summed E-state index contributed by atoms with van der Waals surface area (Å²) >= 11 is 2.46. The maximum atomic E-state index is 8.67. The van der Waals surface area contributed by atoms with Crippen LogP contribution in [0.2, 0.25) is 0 Å². The Morgan fingerprint density at radius 3 is 2.60 bits per heavy atom. The van der Waals surface area contributed by atoms with Crippen LogP contribution < -0.4 is 0 Å². The molecule has 1 saturated carbocycles. The summed E-state index contributed by atoms with van der Waals surface area (Å²) in [7, 11) is 0. The van der Waals surface area contributed by atoms with E-state index in [1.54, 1.807) is 0 Å². The number of rotatable bonds is 0. The third-order valence-corrected chi connectivity index (χ3v) is 3.08. The minimum atomic E-state index is 0.339. The molecular weight excluding hydrogens is 237 g/mol. The highest BCUT2D eigenvalue weighted by molar-refractivity contribution is 14.1. The first-order valence-electron chi connectivity index (χ1n) is 3.76. The van der Waals surface area contributed by atoms with Gasteiger partial charge in [0, 0.05) is 9.84 Å². The van der Waals surface area contributed by atoms with E-state index in [1.807, 2.05) is 0 Å². The molecule has 1 fully saturated rings. The predicted molar refractivity (Wildman–Crippen MR) is 49.9 cm³/mol. The van der Waals surface area contributed by atoms with E-state index in [4.69, 9.17) is 5.26 Å². The van der Waals surface area contributed by atoms with E-state index in [9.17, 15) is 0 Å². The van der Waals surface area contributed by atoms with Crippen molar-refractivity contribution >= 4 is 22.6 Å². The summed E-state index contributed by atoms with van der Waals surface area (Å²) in [5.41, 5.74) is 0. The quantitative estimate of drug-likeness (QED) is 0.478. The van der Waals surface area contributed by atoms with Crippen molar-refractivity contribution < 1.29 is 0 Å². The lowest BCUT2D eigenvalue weighted by Gasteiger charge is -2.25. The first kappa shape index (κ1) is 8.32. The lowest BCUT2D eigenvalue weighted by molar-refractivity contribution is 0.346. The molecule has 0 spiro atoms. The van der Waals surface area contributed by atoms with E-state index in [1.165, 1.54) is 6.42 Å². The standard InChI is InChI=1S/C8H12IN/c1-6-2-7(5-10)4-8(9)3-6/h6-8H,2-4H2,1H3. The molecule has 56 valence electrons. The van der Waals surface area contributed by atoms with Crippen LogP contribution in [-0.2, 0) is 0 Å². The Hall–Kier alpha value is 0.220. The van der Waals surface area contributed by atoms with Gasteiger partial charge in [-0.05, 0) is 25.2 Å². The molecule has 0 heterocycles. The summed E-state index contributed by atoms with van der Waals surface area (Å²) in [6.45, 7) is 2.25. The molecule has 2 heteroatoms. The average molecular weight is 249 g/mol. The van der Waals surface area contributed by atoms with Gasteiger partial charge in [-0.1, -0.05) is 29.5 Å². The number of alkyl halides is 1.